The first-order chi connectivity index (χ1) is 10.2. The molecular weight excluding hydrogens is 271 g/mol. The Hall–Kier alpha value is -3.02. The highest BCUT2D eigenvalue weighted by molar-refractivity contribution is 6.05. The number of halogens is 1. The molecule has 0 aliphatic rings. The molecule has 21 heavy (non-hydrogen) atoms. The van der Waals surface area contributed by atoms with Crippen LogP contribution in [0.3, 0.4) is 0 Å². The van der Waals surface area contributed by atoms with Crippen molar-refractivity contribution in [2.45, 2.75) is 0 Å². The Morgan fingerprint density at radius 3 is 2.81 bits per heavy atom. The first-order valence-corrected chi connectivity index (χ1v) is 6.25. The van der Waals surface area contributed by atoms with Gasteiger partial charge in [0.25, 0.3) is 5.91 Å². The molecule has 0 spiro atoms. The fourth-order valence-electron chi connectivity index (χ4n) is 1.90. The molecule has 3 aromatic rings. The molecule has 0 bridgehead atoms. The molecule has 5 nitrogen and oxygen atoms in total. The molecule has 0 aliphatic carbocycles. The van der Waals surface area contributed by atoms with E-state index in [0.29, 0.717) is 16.9 Å². The summed E-state index contributed by atoms with van der Waals surface area (Å²) in [4.78, 5) is 16.0. The second kappa shape index (κ2) is 5.54. The first-order valence-electron chi connectivity index (χ1n) is 6.25. The van der Waals surface area contributed by atoms with Gasteiger partial charge in [-0.3, -0.25) is 9.78 Å². The maximum Gasteiger partial charge on any atom is 0.257 e. The third-order valence-corrected chi connectivity index (χ3v) is 2.88. The zero-order chi connectivity index (χ0) is 14.7. The van der Waals surface area contributed by atoms with Gasteiger partial charge in [0.2, 0.25) is 0 Å². The van der Waals surface area contributed by atoms with Gasteiger partial charge in [0.05, 0.1) is 16.9 Å². The lowest BCUT2D eigenvalue weighted by Gasteiger charge is -2.11. The van der Waals surface area contributed by atoms with Crippen molar-refractivity contribution in [1.29, 1.82) is 0 Å². The third-order valence-electron chi connectivity index (χ3n) is 2.88. The van der Waals surface area contributed by atoms with Crippen molar-refractivity contribution < 1.29 is 9.18 Å². The van der Waals surface area contributed by atoms with Gasteiger partial charge in [-0.15, -0.1) is 0 Å². The van der Waals surface area contributed by atoms with E-state index in [9.17, 15) is 9.18 Å². The number of nitrogens with zero attached hydrogens (tertiary/aromatic N) is 3. The average Bonchev–Trinajstić information content (AvgIpc) is 3.04. The molecule has 2 aromatic heterocycles. The summed E-state index contributed by atoms with van der Waals surface area (Å²) < 4.78 is 14.9. The van der Waals surface area contributed by atoms with Crippen molar-refractivity contribution in [3.8, 4) is 5.69 Å². The van der Waals surface area contributed by atoms with Crippen molar-refractivity contribution in [3.05, 3.63) is 72.6 Å². The Bertz CT molecular complexity index is 757. The summed E-state index contributed by atoms with van der Waals surface area (Å²) in [6, 6.07) is 9.14. The zero-order valence-electron chi connectivity index (χ0n) is 10.9. The van der Waals surface area contributed by atoms with Gasteiger partial charge in [0.1, 0.15) is 5.82 Å². The Morgan fingerprint density at radius 2 is 2.10 bits per heavy atom. The van der Waals surface area contributed by atoms with Crippen molar-refractivity contribution in [2.24, 2.45) is 0 Å². The van der Waals surface area contributed by atoms with Gasteiger partial charge in [0.15, 0.2) is 0 Å². The minimum absolute atomic E-state index is 0.317. The number of amides is 1. The van der Waals surface area contributed by atoms with Gasteiger partial charge in [-0.05, 0) is 30.3 Å². The van der Waals surface area contributed by atoms with Crippen LogP contribution in [0.1, 0.15) is 10.4 Å². The van der Waals surface area contributed by atoms with E-state index in [0.717, 1.165) is 0 Å². The largest absolute Gasteiger partial charge is 0.320 e. The third kappa shape index (κ3) is 2.79. The minimum Gasteiger partial charge on any atom is -0.320 e. The highest BCUT2D eigenvalue weighted by Gasteiger charge is 2.11. The summed E-state index contributed by atoms with van der Waals surface area (Å²) in [6.45, 7) is 0. The molecule has 0 aliphatic heterocycles. The number of benzene rings is 1. The van der Waals surface area contributed by atoms with E-state index in [-0.39, 0.29) is 5.91 Å². The summed E-state index contributed by atoms with van der Waals surface area (Å²) in [5, 5.41) is 6.79. The fourth-order valence-corrected chi connectivity index (χ4v) is 1.90. The van der Waals surface area contributed by atoms with E-state index in [1.54, 1.807) is 36.8 Å². The number of pyridine rings is 1. The number of carbonyl (C=O) groups excluding carboxylic acids is 1. The van der Waals surface area contributed by atoms with Gasteiger partial charge in [-0.2, -0.15) is 5.10 Å². The van der Waals surface area contributed by atoms with E-state index in [2.05, 4.69) is 15.4 Å². The number of hydrogen-bond acceptors (Lipinski definition) is 3. The molecular formula is C15H11FN4O. The minimum atomic E-state index is -0.403. The lowest BCUT2D eigenvalue weighted by Crippen LogP contribution is -2.14. The van der Waals surface area contributed by atoms with Crippen LogP contribution in [0, 0.1) is 5.82 Å². The average molecular weight is 282 g/mol. The number of rotatable bonds is 3. The van der Waals surface area contributed by atoms with E-state index >= 15 is 0 Å². The fraction of sp³-hybridized carbons (Fsp3) is 0. The molecule has 3 rings (SSSR count). The van der Waals surface area contributed by atoms with E-state index in [1.807, 2.05) is 0 Å². The van der Waals surface area contributed by atoms with Crippen molar-refractivity contribution >= 4 is 11.6 Å². The lowest BCUT2D eigenvalue weighted by molar-refractivity contribution is 0.102. The summed E-state index contributed by atoms with van der Waals surface area (Å²) in [6.07, 6.45) is 6.31. The van der Waals surface area contributed by atoms with Crippen LogP contribution in [-0.4, -0.2) is 20.7 Å². The van der Waals surface area contributed by atoms with Crippen LogP contribution >= 0.6 is 0 Å². The monoisotopic (exact) mass is 282 g/mol. The zero-order valence-corrected chi connectivity index (χ0v) is 10.9. The molecule has 0 saturated heterocycles. The summed E-state index contributed by atoms with van der Waals surface area (Å²) in [5.74, 6) is -0.719. The molecule has 0 atom stereocenters. The second-order valence-corrected chi connectivity index (χ2v) is 4.31. The number of nitrogens with one attached hydrogen (secondary N) is 1. The SMILES string of the molecule is O=C(Nc1ccc(F)cc1-n1cccn1)c1cccnc1. The lowest BCUT2D eigenvalue weighted by atomic mass is 10.2. The van der Waals surface area contributed by atoms with Gasteiger partial charge in [-0.1, -0.05) is 0 Å². The molecule has 104 valence electrons. The van der Waals surface area contributed by atoms with Crippen LogP contribution in [0.4, 0.5) is 10.1 Å². The highest BCUT2D eigenvalue weighted by atomic mass is 19.1. The smallest absolute Gasteiger partial charge is 0.257 e. The normalized spacial score (nSPS) is 10.3. The van der Waals surface area contributed by atoms with Crippen LogP contribution in [0.5, 0.6) is 0 Å². The molecule has 1 N–H and O–H groups in total. The topological polar surface area (TPSA) is 59.8 Å². The van der Waals surface area contributed by atoms with Crippen LogP contribution in [0.15, 0.2) is 61.2 Å². The molecule has 0 unspecified atom stereocenters. The summed E-state index contributed by atoms with van der Waals surface area (Å²) in [5.41, 5.74) is 1.35. The van der Waals surface area contributed by atoms with Crippen LogP contribution < -0.4 is 5.32 Å². The van der Waals surface area contributed by atoms with Crippen LogP contribution in [0.2, 0.25) is 0 Å². The van der Waals surface area contributed by atoms with E-state index in [4.69, 9.17) is 0 Å². The van der Waals surface area contributed by atoms with Crippen molar-refractivity contribution in [3.63, 3.8) is 0 Å². The van der Waals surface area contributed by atoms with Crippen molar-refractivity contribution in [2.75, 3.05) is 5.32 Å². The van der Waals surface area contributed by atoms with Gasteiger partial charge in [0, 0.05) is 30.9 Å². The number of anilines is 1. The number of aromatic nitrogens is 3. The summed E-state index contributed by atoms with van der Waals surface area (Å²) >= 11 is 0. The molecule has 1 amide bonds. The van der Waals surface area contributed by atoms with Gasteiger partial charge < -0.3 is 5.32 Å². The Morgan fingerprint density at radius 1 is 1.19 bits per heavy atom. The molecule has 6 heteroatoms. The Balaban J connectivity index is 1.94. The summed E-state index contributed by atoms with van der Waals surface area (Å²) in [7, 11) is 0. The van der Waals surface area contributed by atoms with Crippen LogP contribution in [-0.2, 0) is 0 Å². The quantitative estimate of drug-likeness (QED) is 0.803. The molecule has 2 heterocycles. The maximum atomic E-state index is 13.4. The van der Waals surface area contributed by atoms with E-state index < -0.39 is 5.82 Å². The predicted molar refractivity (Wildman–Crippen MR) is 75.7 cm³/mol. The number of carbonyl (C=O) groups is 1. The second-order valence-electron chi connectivity index (χ2n) is 4.31. The standard InChI is InChI=1S/C15H11FN4O/c16-12-4-5-13(14(9-12)20-8-2-7-18-20)19-15(21)11-3-1-6-17-10-11/h1-10H,(H,19,21). The van der Waals surface area contributed by atoms with E-state index in [1.165, 1.54) is 29.1 Å². The highest BCUT2D eigenvalue weighted by Crippen LogP contribution is 2.21. The predicted octanol–water partition coefficient (Wildman–Crippen LogP) is 2.66. The molecule has 0 radical (unpaired) electrons. The Labute approximate surface area is 120 Å². The molecule has 0 fully saturated rings. The van der Waals surface area contributed by atoms with Gasteiger partial charge in [-0.25, -0.2) is 9.07 Å². The van der Waals surface area contributed by atoms with Crippen molar-refractivity contribution in [1.82, 2.24) is 14.8 Å². The van der Waals surface area contributed by atoms with Crippen LogP contribution in [0.25, 0.3) is 5.69 Å². The first kappa shape index (κ1) is 13.0. The number of hydrogen-bond donors (Lipinski definition) is 1. The van der Waals surface area contributed by atoms with Gasteiger partial charge >= 0.3 is 0 Å². The maximum absolute atomic E-state index is 13.4. The molecule has 1 aromatic carbocycles. The molecule has 0 saturated carbocycles. The Kier molecular flexibility index (Phi) is 3.42.